The van der Waals surface area contributed by atoms with Gasteiger partial charge in [-0.1, -0.05) is 0 Å². The quantitative estimate of drug-likeness (QED) is 0.739. The Labute approximate surface area is 109 Å². The van der Waals surface area contributed by atoms with E-state index in [4.69, 9.17) is 0 Å². The van der Waals surface area contributed by atoms with Crippen LogP contribution < -0.4 is 0 Å². The van der Waals surface area contributed by atoms with E-state index in [0.29, 0.717) is 24.9 Å². The molecule has 5 nitrogen and oxygen atoms in total. The maximum Gasteiger partial charge on any atom is 0.320 e. The van der Waals surface area contributed by atoms with Crippen molar-refractivity contribution >= 4 is 11.8 Å². The van der Waals surface area contributed by atoms with E-state index in [9.17, 15) is 9.59 Å². The number of carbonyl (C=O) groups excluding carboxylic acids is 2. The fourth-order valence-electron chi connectivity index (χ4n) is 3.02. The molecule has 0 saturated carbocycles. The molecule has 0 N–H and O–H groups in total. The van der Waals surface area contributed by atoms with Gasteiger partial charge in [0.25, 0.3) is 0 Å². The number of nitrogens with zero attached hydrogens (tertiary/aromatic N) is 3. The molecule has 2 rings (SSSR count). The van der Waals surface area contributed by atoms with E-state index < -0.39 is 0 Å². The number of urea groups is 1. The summed E-state index contributed by atoms with van der Waals surface area (Å²) in [6.45, 7) is 5.12. The summed E-state index contributed by atoms with van der Waals surface area (Å²) in [7, 11) is 4.02. The summed E-state index contributed by atoms with van der Waals surface area (Å²) in [4.78, 5) is 29.1. The van der Waals surface area contributed by atoms with Gasteiger partial charge in [-0.15, -0.1) is 0 Å². The van der Waals surface area contributed by atoms with Crippen LogP contribution in [0.15, 0.2) is 0 Å². The maximum atomic E-state index is 12.1. The van der Waals surface area contributed by atoms with Gasteiger partial charge in [-0.2, -0.15) is 0 Å². The first-order chi connectivity index (χ1) is 8.49. The summed E-state index contributed by atoms with van der Waals surface area (Å²) in [5, 5.41) is 0. The van der Waals surface area contributed by atoms with Gasteiger partial charge < -0.3 is 14.7 Å². The van der Waals surface area contributed by atoms with Crippen molar-refractivity contribution in [3.8, 4) is 0 Å². The zero-order chi connectivity index (χ0) is 13.3. The van der Waals surface area contributed by atoms with Crippen LogP contribution in [-0.4, -0.2) is 72.8 Å². The van der Waals surface area contributed by atoms with Crippen LogP contribution in [0, 0.1) is 5.92 Å². The Bertz CT molecular complexity index is 345. The molecule has 0 aromatic carbocycles. The minimum absolute atomic E-state index is 0.0794. The highest BCUT2D eigenvalue weighted by atomic mass is 16.2. The second-order valence-electron chi connectivity index (χ2n) is 5.67. The van der Waals surface area contributed by atoms with Gasteiger partial charge in [0.05, 0.1) is 6.04 Å². The number of ketones is 1. The average molecular weight is 253 g/mol. The lowest BCUT2D eigenvalue weighted by Crippen LogP contribution is -2.37. The summed E-state index contributed by atoms with van der Waals surface area (Å²) < 4.78 is 0. The first-order valence-corrected chi connectivity index (χ1v) is 6.68. The van der Waals surface area contributed by atoms with Gasteiger partial charge in [0.1, 0.15) is 5.78 Å². The second kappa shape index (κ2) is 5.26. The van der Waals surface area contributed by atoms with Gasteiger partial charge >= 0.3 is 6.03 Å². The lowest BCUT2D eigenvalue weighted by atomic mass is 9.99. The number of Topliss-reactive ketones (excluding diaryl/α,β-unsaturated/α-hetero) is 1. The van der Waals surface area contributed by atoms with E-state index in [2.05, 4.69) is 11.9 Å². The summed E-state index contributed by atoms with van der Waals surface area (Å²) >= 11 is 0. The number of amides is 2. The zero-order valence-corrected chi connectivity index (χ0v) is 11.6. The van der Waals surface area contributed by atoms with Crippen molar-refractivity contribution in [2.24, 2.45) is 5.92 Å². The lowest BCUT2D eigenvalue weighted by molar-refractivity contribution is -0.117. The van der Waals surface area contributed by atoms with Gasteiger partial charge in [-0.3, -0.25) is 4.79 Å². The van der Waals surface area contributed by atoms with Crippen LogP contribution in [0.25, 0.3) is 0 Å². The van der Waals surface area contributed by atoms with Gasteiger partial charge in [-0.05, 0) is 32.9 Å². The van der Waals surface area contributed by atoms with Crippen molar-refractivity contribution in [3.05, 3.63) is 0 Å². The Hall–Kier alpha value is -1.10. The topological polar surface area (TPSA) is 43.9 Å². The van der Waals surface area contributed by atoms with Crippen LogP contribution in [-0.2, 0) is 4.79 Å². The molecule has 2 heterocycles. The Balaban J connectivity index is 1.94. The lowest BCUT2D eigenvalue weighted by Gasteiger charge is -2.23. The maximum absolute atomic E-state index is 12.1. The van der Waals surface area contributed by atoms with Crippen LogP contribution in [0.5, 0.6) is 0 Å². The fourth-order valence-corrected chi connectivity index (χ4v) is 3.02. The summed E-state index contributed by atoms with van der Waals surface area (Å²) in [6.07, 6.45) is 1.64. The van der Waals surface area contributed by atoms with Crippen molar-refractivity contribution in [2.75, 3.05) is 40.3 Å². The minimum atomic E-state index is 0.0794. The highest BCUT2D eigenvalue weighted by molar-refractivity contribution is 5.79. The number of hydrogen-bond acceptors (Lipinski definition) is 3. The zero-order valence-electron chi connectivity index (χ0n) is 11.6. The molecular weight excluding hydrogens is 230 g/mol. The van der Waals surface area contributed by atoms with Gasteiger partial charge in [-0.25, -0.2) is 4.79 Å². The fraction of sp³-hybridized carbons (Fsp3) is 0.846. The largest absolute Gasteiger partial charge is 0.323 e. The van der Waals surface area contributed by atoms with Crippen molar-refractivity contribution in [1.82, 2.24) is 14.7 Å². The van der Waals surface area contributed by atoms with Gasteiger partial charge in [0.15, 0.2) is 0 Å². The molecule has 0 spiro atoms. The van der Waals surface area contributed by atoms with E-state index in [1.54, 1.807) is 6.92 Å². The van der Waals surface area contributed by atoms with E-state index in [0.717, 1.165) is 19.6 Å². The Morgan fingerprint density at radius 2 is 2.06 bits per heavy atom. The molecule has 0 aliphatic carbocycles. The van der Waals surface area contributed by atoms with Crippen LogP contribution in [0.4, 0.5) is 4.79 Å². The molecule has 2 aliphatic rings. The molecule has 18 heavy (non-hydrogen) atoms. The van der Waals surface area contributed by atoms with E-state index >= 15 is 0 Å². The number of carbonyl (C=O) groups is 2. The summed E-state index contributed by atoms with van der Waals surface area (Å²) in [5.74, 6) is 0.723. The predicted octanol–water partition coefficient (Wildman–Crippen LogP) is 0.653. The first kappa shape index (κ1) is 13.3. The number of hydrogen-bond donors (Lipinski definition) is 0. The molecule has 102 valence electrons. The standard InChI is InChI=1S/C13H23N3O2/c1-10(17)4-7-16-9-12(15(3)13(16)18)11-5-6-14(2)8-11/h11-12H,4-9H2,1-3H3. The van der Waals surface area contributed by atoms with Crippen molar-refractivity contribution in [2.45, 2.75) is 25.8 Å². The third-order valence-electron chi connectivity index (χ3n) is 4.18. The molecule has 2 saturated heterocycles. The van der Waals surface area contributed by atoms with Crippen molar-refractivity contribution < 1.29 is 9.59 Å². The minimum Gasteiger partial charge on any atom is -0.323 e. The Morgan fingerprint density at radius 1 is 1.33 bits per heavy atom. The first-order valence-electron chi connectivity index (χ1n) is 6.68. The molecule has 2 atom stereocenters. The van der Waals surface area contributed by atoms with Crippen molar-refractivity contribution in [3.63, 3.8) is 0 Å². The van der Waals surface area contributed by atoms with E-state index in [-0.39, 0.29) is 11.8 Å². The van der Waals surface area contributed by atoms with Gasteiger partial charge in [0.2, 0.25) is 0 Å². The van der Waals surface area contributed by atoms with E-state index in [1.807, 2.05) is 16.8 Å². The molecule has 0 radical (unpaired) electrons. The summed E-state index contributed by atoms with van der Waals surface area (Å²) in [6, 6.07) is 0.394. The number of likely N-dealkylation sites (tertiary alicyclic amines) is 1. The molecule has 2 aliphatic heterocycles. The number of rotatable bonds is 4. The average Bonchev–Trinajstić information content (AvgIpc) is 2.84. The summed E-state index contributed by atoms with van der Waals surface area (Å²) in [5.41, 5.74) is 0. The van der Waals surface area contributed by atoms with Crippen LogP contribution >= 0.6 is 0 Å². The molecular formula is C13H23N3O2. The Kier molecular flexibility index (Phi) is 3.90. The molecule has 0 bridgehead atoms. The number of likely N-dealkylation sites (N-methyl/N-ethyl adjacent to an activating group) is 1. The normalized spacial score (nSPS) is 29.4. The third-order valence-corrected chi connectivity index (χ3v) is 4.18. The predicted molar refractivity (Wildman–Crippen MR) is 69.4 cm³/mol. The van der Waals surface area contributed by atoms with Crippen molar-refractivity contribution in [1.29, 1.82) is 0 Å². The second-order valence-corrected chi connectivity index (χ2v) is 5.67. The molecule has 5 heteroatoms. The SMILES string of the molecule is CC(=O)CCN1CC(C2CCN(C)C2)N(C)C1=O. The molecule has 0 aromatic rings. The molecule has 2 unspecified atom stereocenters. The monoisotopic (exact) mass is 253 g/mol. The third kappa shape index (κ3) is 2.66. The van der Waals surface area contributed by atoms with E-state index in [1.165, 1.54) is 6.42 Å². The van der Waals surface area contributed by atoms with Crippen LogP contribution in [0.2, 0.25) is 0 Å². The smallest absolute Gasteiger partial charge is 0.320 e. The van der Waals surface area contributed by atoms with Gasteiger partial charge in [0, 0.05) is 33.1 Å². The van der Waals surface area contributed by atoms with Crippen LogP contribution in [0.1, 0.15) is 19.8 Å². The molecule has 2 amide bonds. The van der Waals surface area contributed by atoms with Crippen LogP contribution in [0.3, 0.4) is 0 Å². The molecule has 2 fully saturated rings. The highest BCUT2D eigenvalue weighted by Gasteiger charge is 2.40. The molecule has 0 aromatic heterocycles. The Morgan fingerprint density at radius 3 is 2.61 bits per heavy atom. The highest BCUT2D eigenvalue weighted by Crippen LogP contribution is 2.27.